The van der Waals surface area contributed by atoms with Gasteiger partial charge in [-0.15, -0.1) is 0 Å². The Morgan fingerprint density at radius 1 is 1.14 bits per heavy atom. The number of ether oxygens (including phenoxy) is 1. The number of aliphatic carboxylic acids is 1. The van der Waals surface area contributed by atoms with Gasteiger partial charge < -0.3 is 9.84 Å². The van der Waals surface area contributed by atoms with Crippen LogP contribution < -0.4 is 5.48 Å². The van der Waals surface area contributed by atoms with Gasteiger partial charge in [-0.2, -0.15) is 5.48 Å². The van der Waals surface area contributed by atoms with Crippen LogP contribution in [0.2, 0.25) is 0 Å². The van der Waals surface area contributed by atoms with Gasteiger partial charge in [0.1, 0.15) is 11.2 Å². The second-order valence-electron chi connectivity index (χ2n) is 7.62. The van der Waals surface area contributed by atoms with Crippen molar-refractivity contribution < 1.29 is 24.3 Å². The van der Waals surface area contributed by atoms with E-state index in [0.29, 0.717) is 12.8 Å². The first kappa shape index (κ1) is 17.8. The maximum Gasteiger partial charge on any atom is 0.431 e. The molecule has 21 heavy (non-hydrogen) atoms. The number of carboxylic acids is 1. The van der Waals surface area contributed by atoms with Crippen molar-refractivity contribution in [2.75, 3.05) is 0 Å². The average Bonchev–Trinajstić information content (AvgIpc) is 2.28. The second kappa shape index (κ2) is 6.22. The van der Waals surface area contributed by atoms with E-state index in [1.54, 1.807) is 20.8 Å². The Bertz CT molecular complexity index is 387. The molecule has 0 aromatic rings. The van der Waals surface area contributed by atoms with Gasteiger partial charge in [-0.05, 0) is 51.9 Å². The monoisotopic (exact) mass is 301 g/mol. The summed E-state index contributed by atoms with van der Waals surface area (Å²) in [5.74, 6) is -0.930. The van der Waals surface area contributed by atoms with Crippen LogP contribution in [0.1, 0.15) is 66.7 Å². The smallest absolute Gasteiger partial charge is 0.431 e. The fourth-order valence-electron chi connectivity index (χ4n) is 2.42. The zero-order chi connectivity index (χ0) is 16.3. The van der Waals surface area contributed by atoms with Crippen LogP contribution in [0.15, 0.2) is 0 Å². The Kier molecular flexibility index (Phi) is 5.25. The molecule has 1 aliphatic rings. The molecule has 1 rings (SSSR count). The lowest BCUT2D eigenvalue weighted by atomic mass is 9.70. The number of nitrogens with one attached hydrogen (secondary N) is 1. The molecule has 0 radical (unpaired) electrons. The average molecular weight is 301 g/mol. The molecule has 1 saturated carbocycles. The third-order valence-corrected chi connectivity index (χ3v) is 3.74. The van der Waals surface area contributed by atoms with Crippen LogP contribution in [-0.2, 0) is 14.4 Å². The van der Waals surface area contributed by atoms with Crippen LogP contribution in [0, 0.1) is 5.41 Å². The molecule has 0 aliphatic heterocycles. The van der Waals surface area contributed by atoms with Gasteiger partial charge in [0.25, 0.3) is 0 Å². The Hall–Kier alpha value is -1.30. The molecule has 0 bridgehead atoms. The van der Waals surface area contributed by atoms with Crippen molar-refractivity contribution in [2.45, 2.75) is 77.9 Å². The largest absolute Gasteiger partial charge is 0.481 e. The van der Waals surface area contributed by atoms with Crippen molar-refractivity contribution >= 4 is 12.1 Å². The summed E-state index contributed by atoms with van der Waals surface area (Å²) in [5.41, 5.74) is 0.964. The van der Waals surface area contributed by atoms with E-state index in [2.05, 4.69) is 19.3 Å². The molecular formula is C15H27NO5. The van der Waals surface area contributed by atoms with E-state index in [4.69, 9.17) is 14.7 Å². The first-order valence-electron chi connectivity index (χ1n) is 7.32. The van der Waals surface area contributed by atoms with Crippen molar-refractivity contribution in [1.29, 1.82) is 0 Å². The molecule has 0 saturated heterocycles. The molecule has 0 heterocycles. The number of rotatable bonds is 4. The number of amides is 1. The molecule has 0 spiro atoms. The summed E-state index contributed by atoms with van der Waals surface area (Å²) in [6.07, 6.45) is 2.09. The van der Waals surface area contributed by atoms with Gasteiger partial charge in [-0.1, -0.05) is 13.8 Å². The van der Waals surface area contributed by atoms with Crippen molar-refractivity contribution in [3.8, 4) is 0 Å². The predicted octanol–water partition coefficient (Wildman–Crippen LogP) is 3.26. The van der Waals surface area contributed by atoms with E-state index >= 15 is 0 Å². The van der Waals surface area contributed by atoms with E-state index in [1.807, 2.05) is 0 Å². The minimum atomic E-state index is -0.930. The van der Waals surface area contributed by atoms with E-state index < -0.39 is 23.3 Å². The van der Waals surface area contributed by atoms with Crippen LogP contribution in [-0.4, -0.2) is 28.4 Å². The predicted molar refractivity (Wildman–Crippen MR) is 77.7 cm³/mol. The second-order valence-corrected chi connectivity index (χ2v) is 7.62. The molecule has 0 unspecified atom stereocenters. The SMILES string of the molecule is CC1(C)CCC(CC(=O)O)(ONC(=O)OC(C)(C)C)CC1. The molecular weight excluding hydrogens is 274 g/mol. The van der Waals surface area contributed by atoms with Crippen LogP contribution in [0.5, 0.6) is 0 Å². The van der Waals surface area contributed by atoms with E-state index in [9.17, 15) is 9.59 Å². The van der Waals surface area contributed by atoms with Crippen LogP contribution in [0.4, 0.5) is 4.79 Å². The minimum absolute atomic E-state index is 0.126. The lowest BCUT2D eigenvalue weighted by molar-refractivity contribution is -0.163. The van der Waals surface area contributed by atoms with Gasteiger partial charge in [0.05, 0.1) is 6.42 Å². The summed E-state index contributed by atoms with van der Waals surface area (Å²) in [4.78, 5) is 28.2. The summed E-state index contributed by atoms with van der Waals surface area (Å²) in [6, 6.07) is 0. The molecule has 6 heteroatoms. The maximum atomic E-state index is 11.7. The zero-order valence-electron chi connectivity index (χ0n) is 13.6. The normalized spacial score (nSPS) is 20.6. The van der Waals surface area contributed by atoms with E-state index in [0.717, 1.165) is 12.8 Å². The van der Waals surface area contributed by atoms with Crippen LogP contribution >= 0.6 is 0 Å². The van der Waals surface area contributed by atoms with Gasteiger partial charge in [0.2, 0.25) is 0 Å². The van der Waals surface area contributed by atoms with Crippen molar-refractivity contribution in [3.05, 3.63) is 0 Å². The fraction of sp³-hybridized carbons (Fsp3) is 0.867. The van der Waals surface area contributed by atoms with Crippen molar-refractivity contribution in [3.63, 3.8) is 0 Å². The molecule has 2 N–H and O–H groups in total. The summed E-state index contributed by atoms with van der Waals surface area (Å²) in [6.45, 7) is 9.56. The van der Waals surface area contributed by atoms with Crippen molar-refractivity contribution in [2.24, 2.45) is 5.41 Å². The third-order valence-electron chi connectivity index (χ3n) is 3.74. The highest BCUT2D eigenvalue weighted by atomic mass is 16.7. The maximum absolute atomic E-state index is 11.7. The van der Waals surface area contributed by atoms with Gasteiger partial charge in [0.15, 0.2) is 0 Å². The minimum Gasteiger partial charge on any atom is -0.481 e. The highest BCUT2D eigenvalue weighted by molar-refractivity contribution is 5.68. The lowest BCUT2D eigenvalue weighted by Gasteiger charge is -2.41. The zero-order valence-corrected chi connectivity index (χ0v) is 13.6. The van der Waals surface area contributed by atoms with Crippen LogP contribution in [0.25, 0.3) is 0 Å². The standard InChI is InChI=1S/C15H27NO5/c1-13(2,3)20-12(19)16-21-15(10-11(17)18)8-6-14(4,5)7-9-15/h6-10H2,1-5H3,(H,16,19)(H,17,18). The number of hydrogen-bond acceptors (Lipinski definition) is 4. The summed E-state index contributed by atoms with van der Waals surface area (Å²) in [5, 5.41) is 9.09. The number of hydrogen-bond donors (Lipinski definition) is 2. The number of carbonyl (C=O) groups excluding carboxylic acids is 1. The van der Waals surface area contributed by atoms with Crippen LogP contribution in [0.3, 0.4) is 0 Å². The first-order chi connectivity index (χ1) is 9.43. The fourth-order valence-corrected chi connectivity index (χ4v) is 2.42. The van der Waals surface area contributed by atoms with Gasteiger partial charge in [-0.3, -0.25) is 9.63 Å². The lowest BCUT2D eigenvalue weighted by Crippen LogP contribution is -2.47. The quantitative estimate of drug-likeness (QED) is 0.778. The molecule has 0 aromatic carbocycles. The summed E-state index contributed by atoms with van der Waals surface area (Å²) >= 11 is 0. The Balaban J connectivity index is 2.63. The molecule has 0 atom stereocenters. The molecule has 1 aliphatic carbocycles. The van der Waals surface area contributed by atoms with Crippen molar-refractivity contribution in [1.82, 2.24) is 5.48 Å². The number of carboxylic acid groups (broad SMARTS) is 1. The number of carbonyl (C=O) groups is 2. The molecule has 1 amide bonds. The van der Waals surface area contributed by atoms with E-state index in [1.165, 1.54) is 0 Å². The Labute approximate surface area is 126 Å². The first-order valence-corrected chi connectivity index (χ1v) is 7.32. The van der Waals surface area contributed by atoms with E-state index in [-0.39, 0.29) is 11.8 Å². The Morgan fingerprint density at radius 2 is 1.67 bits per heavy atom. The summed E-state index contributed by atoms with van der Waals surface area (Å²) in [7, 11) is 0. The van der Waals surface area contributed by atoms with Gasteiger partial charge in [-0.25, -0.2) is 4.79 Å². The van der Waals surface area contributed by atoms with Gasteiger partial charge >= 0.3 is 12.1 Å². The third kappa shape index (κ3) is 6.33. The highest BCUT2D eigenvalue weighted by Crippen LogP contribution is 2.43. The number of hydroxylamine groups is 1. The summed E-state index contributed by atoms with van der Waals surface area (Å²) < 4.78 is 5.10. The molecule has 0 aromatic heterocycles. The highest BCUT2D eigenvalue weighted by Gasteiger charge is 2.42. The molecule has 6 nitrogen and oxygen atoms in total. The topological polar surface area (TPSA) is 84.9 Å². The molecule has 1 fully saturated rings. The Morgan fingerprint density at radius 3 is 2.10 bits per heavy atom. The molecule has 122 valence electrons. The van der Waals surface area contributed by atoms with Gasteiger partial charge in [0, 0.05) is 0 Å².